The summed E-state index contributed by atoms with van der Waals surface area (Å²) in [4.78, 5) is 25.5. The number of amides is 2. The molecule has 1 saturated heterocycles. The Labute approximate surface area is 156 Å². The molecule has 1 aromatic rings. The zero-order valence-corrected chi connectivity index (χ0v) is 16.2. The van der Waals surface area contributed by atoms with Crippen LogP contribution in [0.4, 0.5) is 0 Å². The first-order valence-electron chi connectivity index (χ1n) is 8.10. The summed E-state index contributed by atoms with van der Waals surface area (Å²) in [7, 11) is -3.57. The van der Waals surface area contributed by atoms with Crippen LogP contribution in [0.25, 0.3) is 0 Å². The summed E-state index contributed by atoms with van der Waals surface area (Å²) in [5.74, 6) is 0.177. The van der Waals surface area contributed by atoms with Gasteiger partial charge in [-0.15, -0.1) is 11.3 Å². The molecule has 10 heteroatoms. The fourth-order valence-electron chi connectivity index (χ4n) is 2.83. The van der Waals surface area contributed by atoms with E-state index in [-0.39, 0.29) is 41.6 Å². The molecular formula is C15H20ClN3O4S2. The van der Waals surface area contributed by atoms with Crippen molar-refractivity contribution in [3.8, 4) is 0 Å². The van der Waals surface area contributed by atoms with Gasteiger partial charge >= 0.3 is 0 Å². The number of hydrogen-bond acceptors (Lipinski definition) is 5. The molecule has 1 aliphatic heterocycles. The fourth-order valence-corrected chi connectivity index (χ4v) is 5.89. The second-order valence-electron chi connectivity index (χ2n) is 6.38. The molecule has 2 heterocycles. The molecule has 7 nitrogen and oxygen atoms in total. The van der Waals surface area contributed by atoms with Crippen LogP contribution in [0.15, 0.2) is 16.3 Å². The van der Waals surface area contributed by atoms with Crippen LogP contribution in [0.1, 0.15) is 13.3 Å². The minimum atomic E-state index is -3.57. The molecular weight excluding hydrogens is 386 g/mol. The number of halogens is 1. The van der Waals surface area contributed by atoms with Gasteiger partial charge in [0, 0.05) is 32.1 Å². The number of rotatable bonds is 5. The van der Waals surface area contributed by atoms with Crippen molar-refractivity contribution in [3.63, 3.8) is 0 Å². The van der Waals surface area contributed by atoms with Crippen LogP contribution in [0.5, 0.6) is 0 Å². The van der Waals surface area contributed by atoms with Crippen LogP contribution >= 0.6 is 22.9 Å². The lowest BCUT2D eigenvalue weighted by molar-refractivity contribution is -0.134. The monoisotopic (exact) mass is 405 g/mol. The van der Waals surface area contributed by atoms with Crippen molar-refractivity contribution < 1.29 is 18.0 Å². The zero-order valence-electron chi connectivity index (χ0n) is 13.8. The summed E-state index contributed by atoms with van der Waals surface area (Å²) in [5, 5.41) is 2.67. The standard InChI is InChI=1S/C15H20ClN3O4S2/c1-10-8-11(10)15(21)17-9-13(20)18-4-6-19(7-5-18)25(22,23)14-3-2-12(16)24-14/h2-3,10-11H,4-9H2,1H3,(H,17,21)/t10-,11-/m0/s1. The Bertz CT molecular complexity index is 771. The van der Waals surface area contributed by atoms with Gasteiger partial charge in [-0.1, -0.05) is 18.5 Å². The van der Waals surface area contributed by atoms with Gasteiger partial charge < -0.3 is 10.2 Å². The average molecular weight is 406 g/mol. The highest BCUT2D eigenvalue weighted by molar-refractivity contribution is 7.91. The number of carbonyl (C=O) groups excluding carboxylic acids is 2. The number of nitrogens with zero attached hydrogens (tertiary/aromatic N) is 2. The SMILES string of the molecule is C[C@H]1C[C@@H]1C(=O)NCC(=O)N1CCN(S(=O)(=O)c2ccc(Cl)s2)CC1. The Morgan fingerprint density at radius 2 is 1.92 bits per heavy atom. The summed E-state index contributed by atoms with van der Waals surface area (Å²) in [6, 6.07) is 3.05. The summed E-state index contributed by atoms with van der Waals surface area (Å²) >= 11 is 6.84. The molecule has 2 atom stereocenters. The summed E-state index contributed by atoms with van der Waals surface area (Å²) in [6.45, 7) is 3.07. The van der Waals surface area contributed by atoms with E-state index < -0.39 is 10.0 Å². The maximum atomic E-state index is 12.5. The number of thiophene rings is 1. The van der Waals surface area contributed by atoms with Gasteiger partial charge in [0.25, 0.3) is 10.0 Å². The Morgan fingerprint density at radius 3 is 2.44 bits per heavy atom. The Morgan fingerprint density at radius 1 is 1.28 bits per heavy atom. The van der Waals surface area contributed by atoms with Crippen molar-refractivity contribution in [1.29, 1.82) is 0 Å². The van der Waals surface area contributed by atoms with Crippen LogP contribution in [-0.4, -0.2) is 62.2 Å². The zero-order chi connectivity index (χ0) is 18.2. The maximum absolute atomic E-state index is 12.5. The van der Waals surface area contributed by atoms with Gasteiger partial charge in [-0.05, 0) is 24.5 Å². The number of nitrogens with one attached hydrogen (secondary N) is 1. The summed E-state index contributed by atoms with van der Waals surface area (Å²) in [6.07, 6.45) is 0.878. The molecule has 2 fully saturated rings. The molecule has 2 amide bonds. The lowest BCUT2D eigenvalue weighted by Gasteiger charge is -2.33. The van der Waals surface area contributed by atoms with Crippen molar-refractivity contribution in [3.05, 3.63) is 16.5 Å². The number of sulfonamides is 1. The first-order valence-corrected chi connectivity index (χ1v) is 10.7. The second kappa shape index (κ2) is 7.22. The predicted octanol–water partition coefficient (Wildman–Crippen LogP) is 1.01. The van der Waals surface area contributed by atoms with Crippen LogP contribution in [0, 0.1) is 11.8 Å². The van der Waals surface area contributed by atoms with Crippen molar-refractivity contribution in [1.82, 2.24) is 14.5 Å². The molecule has 0 aromatic carbocycles. The van der Waals surface area contributed by atoms with Gasteiger partial charge in [-0.2, -0.15) is 4.31 Å². The molecule has 25 heavy (non-hydrogen) atoms. The van der Waals surface area contributed by atoms with Gasteiger partial charge in [-0.3, -0.25) is 9.59 Å². The highest BCUT2D eigenvalue weighted by atomic mass is 35.5. The van der Waals surface area contributed by atoms with Crippen molar-refractivity contribution in [2.75, 3.05) is 32.7 Å². The smallest absolute Gasteiger partial charge is 0.252 e. The lowest BCUT2D eigenvalue weighted by Crippen LogP contribution is -2.52. The van der Waals surface area contributed by atoms with Gasteiger partial charge in [0.15, 0.2) is 0 Å². The Hall–Kier alpha value is -1.16. The topological polar surface area (TPSA) is 86.8 Å². The van der Waals surface area contributed by atoms with E-state index in [0.717, 1.165) is 17.8 Å². The molecule has 1 aliphatic carbocycles. The molecule has 1 saturated carbocycles. The minimum absolute atomic E-state index is 0.0324. The minimum Gasteiger partial charge on any atom is -0.347 e. The molecule has 0 spiro atoms. The predicted molar refractivity (Wildman–Crippen MR) is 94.9 cm³/mol. The highest BCUT2D eigenvalue weighted by Crippen LogP contribution is 2.37. The fraction of sp³-hybridized carbons (Fsp3) is 0.600. The maximum Gasteiger partial charge on any atom is 0.252 e. The number of hydrogen-bond donors (Lipinski definition) is 1. The third-order valence-electron chi connectivity index (χ3n) is 4.59. The first-order chi connectivity index (χ1) is 11.8. The second-order valence-corrected chi connectivity index (χ2v) is 10.3. The quantitative estimate of drug-likeness (QED) is 0.791. The largest absolute Gasteiger partial charge is 0.347 e. The number of piperazine rings is 1. The van der Waals surface area contributed by atoms with Crippen LogP contribution in [0.3, 0.4) is 0 Å². The van der Waals surface area contributed by atoms with E-state index in [2.05, 4.69) is 5.32 Å². The first kappa shape index (κ1) is 18.6. The van der Waals surface area contributed by atoms with E-state index in [1.807, 2.05) is 6.92 Å². The molecule has 138 valence electrons. The van der Waals surface area contributed by atoms with Crippen molar-refractivity contribution in [2.45, 2.75) is 17.6 Å². The highest BCUT2D eigenvalue weighted by Gasteiger charge is 2.39. The van der Waals surface area contributed by atoms with Crippen LogP contribution in [0.2, 0.25) is 4.34 Å². The van der Waals surface area contributed by atoms with Gasteiger partial charge in [0.2, 0.25) is 11.8 Å². The molecule has 0 unspecified atom stereocenters. The van der Waals surface area contributed by atoms with Gasteiger partial charge in [0.1, 0.15) is 4.21 Å². The Kier molecular flexibility index (Phi) is 5.38. The molecule has 1 aromatic heterocycles. The van der Waals surface area contributed by atoms with E-state index >= 15 is 0 Å². The van der Waals surface area contributed by atoms with Crippen molar-refractivity contribution >= 4 is 44.8 Å². The lowest BCUT2D eigenvalue weighted by atomic mass is 10.3. The summed E-state index contributed by atoms with van der Waals surface area (Å²) in [5.41, 5.74) is 0. The van der Waals surface area contributed by atoms with E-state index in [1.54, 1.807) is 11.0 Å². The van der Waals surface area contributed by atoms with Gasteiger partial charge in [0.05, 0.1) is 10.9 Å². The van der Waals surface area contributed by atoms with Crippen LogP contribution < -0.4 is 5.32 Å². The van der Waals surface area contributed by atoms with E-state index in [9.17, 15) is 18.0 Å². The molecule has 3 rings (SSSR count). The normalized spacial score (nSPS) is 24.2. The number of carbonyl (C=O) groups is 2. The van der Waals surface area contributed by atoms with Gasteiger partial charge in [-0.25, -0.2) is 8.42 Å². The third kappa shape index (κ3) is 4.16. The molecule has 0 radical (unpaired) electrons. The van der Waals surface area contributed by atoms with E-state index in [0.29, 0.717) is 23.3 Å². The molecule has 0 bridgehead atoms. The average Bonchev–Trinajstić information content (AvgIpc) is 3.16. The van der Waals surface area contributed by atoms with Crippen LogP contribution in [-0.2, 0) is 19.6 Å². The van der Waals surface area contributed by atoms with E-state index in [1.165, 1.54) is 10.4 Å². The molecule has 1 N–H and O–H groups in total. The molecule has 2 aliphatic rings. The Balaban J connectivity index is 1.49. The van der Waals surface area contributed by atoms with E-state index in [4.69, 9.17) is 11.6 Å². The summed E-state index contributed by atoms with van der Waals surface area (Å²) < 4.78 is 27.0. The third-order valence-corrected chi connectivity index (χ3v) is 8.19. The van der Waals surface area contributed by atoms with Crippen molar-refractivity contribution in [2.24, 2.45) is 11.8 Å².